The second-order valence-corrected chi connectivity index (χ2v) is 14.1. The summed E-state index contributed by atoms with van der Waals surface area (Å²) in [6, 6.07) is 10.2. The smallest absolute Gasteiger partial charge is 0.229 e. The summed E-state index contributed by atoms with van der Waals surface area (Å²) in [7, 11) is 0.408. The van der Waals surface area contributed by atoms with Crippen molar-refractivity contribution in [2.75, 3.05) is 79.9 Å². The van der Waals surface area contributed by atoms with Crippen molar-refractivity contribution >= 4 is 60.5 Å². The fraction of sp³-hybridized carbons (Fsp3) is 0.467. The molecule has 2 aliphatic rings. The zero-order valence-corrected chi connectivity index (χ0v) is 27.8. The molecule has 0 amide bonds. The molecule has 11 nitrogen and oxygen atoms in total. The molecule has 3 N–H and O–H groups in total. The van der Waals surface area contributed by atoms with Crippen LogP contribution in [0.15, 0.2) is 41.0 Å². The van der Waals surface area contributed by atoms with Crippen LogP contribution in [0, 0.1) is 13.8 Å². The number of ether oxygens (including phenoxy) is 1. The van der Waals surface area contributed by atoms with E-state index >= 15 is 0 Å². The van der Waals surface area contributed by atoms with E-state index in [1.165, 1.54) is 5.69 Å². The van der Waals surface area contributed by atoms with Gasteiger partial charge in [0.05, 0.1) is 34.9 Å². The molecule has 2 fully saturated rings. The van der Waals surface area contributed by atoms with Gasteiger partial charge >= 0.3 is 0 Å². The average Bonchev–Trinajstić information content (AvgIpc) is 2.96. The molecule has 1 aromatic heterocycles. The van der Waals surface area contributed by atoms with Gasteiger partial charge in [-0.05, 0) is 79.0 Å². The highest BCUT2D eigenvalue weighted by atomic mass is 79.9. The summed E-state index contributed by atoms with van der Waals surface area (Å²) in [6.45, 7) is 10.7. The quantitative estimate of drug-likeness (QED) is 0.289. The first-order chi connectivity index (χ1) is 20.5. The number of benzene rings is 2. The number of nitrogens with one attached hydrogen (secondary N) is 3. The maximum absolute atomic E-state index is 11.9. The molecule has 3 heterocycles. The van der Waals surface area contributed by atoms with Crippen molar-refractivity contribution in [3.05, 3.63) is 52.1 Å². The number of hydrogen-bond acceptors (Lipinski definition) is 10. The van der Waals surface area contributed by atoms with Crippen LogP contribution in [-0.2, 0) is 10.0 Å². The van der Waals surface area contributed by atoms with Crippen molar-refractivity contribution in [1.29, 1.82) is 0 Å². The largest absolute Gasteiger partial charge is 0.494 e. The van der Waals surface area contributed by atoms with E-state index in [1.807, 2.05) is 19.1 Å². The summed E-state index contributed by atoms with van der Waals surface area (Å²) >= 11 is 3.51. The number of sulfonamides is 1. The molecule has 13 heteroatoms. The van der Waals surface area contributed by atoms with Gasteiger partial charge in [0.1, 0.15) is 11.6 Å². The molecule has 0 spiro atoms. The van der Waals surface area contributed by atoms with Gasteiger partial charge in [-0.3, -0.25) is 9.62 Å². The topological polar surface area (TPSA) is 115 Å². The van der Waals surface area contributed by atoms with Crippen molar-refractivity contribution in [3.8, 4) is 5.75 Å². The first-order valence-electron chi connectivity index (χ1n) is 14.5. The Balaban J connectivity index is 1.31. The van der Waals surface area contributed by atoms with Gasteiger partial charge in [-0.15, -0.1) is 0 Å². The normalized spacial score (nSPS) is 17.1. The number of methoxy groups -OCH3 is 1. The van der Waals surface area contributed by atoms with Crippen LogP contribution < -0.4 is 25.0 Å². The van der Waals surface area contributed by atoms with Crippen molar-refractivity contribution in [1.82, 2.24) is 19.8 Å². The molecule has 0 saturated carbocycles. The van der Waals surface area contributed by atoms with Gasteiger partial charge < -0.3 is 25.2 Å². The second kappa shape index (κ2) is 13.2. The first-order valence-corrected chi connectivity index (χ1v) is 17.2. The van der Waals surface area contributed by atoms with Crippen molar-refractivity contribution in [2.24, 2.45) is 0 Å². The van der Waals surface area contributed by atoms with E-state index in [2.05, 4.69) is 82.1 Å². The lowest BCUT2D eigenvalue weighted by Gasteiger charge is -2.43. The number of piperazine rings is 1. The molecule has 0 radical (unpaired) electrons. The van der Waals surface area contributed by atoms with Crippen LogP contribution in [0.3, 0.4) is 0 Å². The Bertz CT molecular complexity index is 1560. The summed E-state index contributed by atoms with van der Waals surface area (Å²) < 4.78 is 32.8. The van der Waals surface area contributed by atoms with Crippen LogP contribution in [0.25, 0.3) is 0 Å². The number of anilines is 6. The fourth-order valence-corrected chi connectivity index (χ4v) is 6.62. The number of nitrogens with zero attached hydrogens (tertiary/aromatic N) is 5. The van der Waals surface area contributed by atoms with Crippen molar-refractivity contribution < 1.29 is 13.2 Å². The minimum absolute atomic E-state index is 0.370. The molecule has 0 unspecified atom stereocenters. The summed E-state index contributed by atoms with van der Waals surface area (Å²) in [5.41, 5.74) is 5.06. The summed E-state index contributed by atoms with van der Waals surface area (Å²) in [5.74, 6) is 1.56. The molecule has 0 aliphatic carbocycles. The maximum Gasteiger partial charge on any atom is 0.229 e. The summed E-state index contributed by atoms with van der Waals surface area (Å²) in [5, 5.41) is 6.56. The van der Waals surface area contributed by atoms with E-state index in [0.717, 1.165) is 75.2 Å². The van der Waals surface area contributed by atoms with E-state index in [9.17, 15) is 8.42 Å². The van der Waals surface area contributed by atoms with E-state index in [1.54, 1.807) is 19.4 Å². The molecular formula is C30H41BrN8O3S. The monoisotopic (exact) mass is 672 g/mol. The Morgan fingerprint density at radius 1 is 0.953 bits per heavy atom. The van der Waals surface area contributed by atoms with Crippen LogP contribution in [-0.4, -0.2) is 93.9 Å². The van der Waals surface area contributed by atoms with E-state index in [4.69, 9.17) is 4.74 Å². The highest BCUT2D eigenvalue weighted by molar-refractivity contribution is 9.10. The lowest BCUT2D eigenvalue weighted by atomic mass is 10.0. The van der Waals surface area contributed by atoms with E-state index in [0.29, 0.717) is 39.4 Å². The van der Waals surface area contributed by atoms with Gasteiger partial charge in [0.2, 0.25) is 16.0 Å². The zero-order chi connectivity index (χ0) is 30.7. The van der Waals surface area contributed by atoms with Crippen LogP contribution in [0.5, 0.6) is 5.75 Å². The maximum atomic E-state index is 11.9. The zero-order valence-electron chi connectivity index (χ0n) is 25.4. The second-order valence-electron chi connectivity index (χ2n) is 11.5. The standard InChI is InChI=1S/C30H41BrN8O3S/c1-20-6-7-24(36-43(5,40)41)25(16-20)33-29-23(31)19-32-30(35-29)34-26-17-21(2)27(18-28(26)42-4)39-10-8-22(9-11-39)38-14-12-37(3)13-15-38/h6-7,16-19,22,36H,8-15H2,1-5H3,(H2,32,33,34,35). The SMILES string of the molecule is COc1cc(N2CCC(N3CCN(C)CC3)CC2)c(C)cc1Nc1ncc(Br)c(Nc2cc(C)ccc2NS(C)(=O)=O)n1. The third kappa shape index (κ3) is 7.88. The van der Waals surface area contributed by atoms with Crippen molar-refractivity contribution in [2.45, 2.75) is 32.7 Å². The van der Waals surface area contributed by atoms with Crippen LogP contribution in [0.1, 0.15) is 24.0 Å². The molecular weight excluding hydrogens is 632 g/mol. The number of aryl methyl sites for hydroxylation is 2. The third-order valence-corrected chi connectivity index (χ3v) is 9.26. The number of halogens is 1. The van der Waals surface area contributed by atoms with Crippen LogP contribution in [0.2, 0.25) is 0 Å². The van der Waals surface area contributed by atoms with Gasteiger partial charge in [0, 0.05) is 63.3 Å². The molecule has 3 aromatic rings. The molecule has 2 aliphatic heterocycles. The molecule has 0 bridgehead atoms. The molecule has 2 aromatic carbocycles. The molecule has 5 rings (SSSR count). The predicted molar refractivity (Wildman–Crippen MR) is 178 cm³/mol. The highest BCUT2D eigenvalue weighted by Gasteiger charge is 2.27. The first kappa shape index (κ1) is 31.3. The molecule has 43 heavy (non-hydrogen) atoms. The van der Waals surface area contributed by atoms with Crippen LogP contribution >= 0.6 is 15.9 Å². The van der Waals surface area contributed by atoms with E-state index < -0.39 is 10.0 Å². The molecule has 232 valence electrons. The number of aromatic nitrogens is 2. The number of rotatable bonds is 9. The average molecular weight is 674 g/mol. The molecule has 2 saturated heterocycles. The minimum atomic E-state index is -3.47. The van der Waals surface area contributed by atoms with Gasteiger partial charge in [-0.1, -0.05) is 6.07 Å². The lowest BCUT2D eigenvalue weighted by Crippen LogP contribution is -2.52. The van der Waals surface area contributed by atoms with Gasteiger partial charge in [0.15, 0.2) is 0 Å². The molecule has 0 atom stereocenters. The number of hydrogen-bond donors (Lipinski definition) is 3. The Hall–Kier alpha value is -3.13. The predicted octanol–water partition coefficient (Wildman–Crippen LogP) is 4.94. The Labute approximate surface area is 263 Å². The van der Waals surface area contributed by atoms with Crippen molar-refractivity contribution in [3.63, 3.8) is 0 Å². The Kier molecular flexibility index (Phi) is 9.64. The lowest BCUT2D eigenvalue weighted by molar-refractivity contribution is 0.0982. The van der Waals surface area contributed by atoms with Gasteiger partial charge in [0.25, 0.3) is 0 Å². The van der Waals surface area contributed by atoms with Crippen LogP contribution in [0.4, 0.5) is 34.5 Å². The number of piperidine rings is 1. The summed E-state index contributed by atoms with van der Waals surface area (Å²) in [4.78, 5) is 16.7. The third-order valence-electron chi connectivity index (χ3n) is 8.09. The number of likely N-dealkylation sites (N-methyl/N-ethyl adjacent to an activating group) is 1. The Morgan fingerprint density at radius 2 is 1.67 bits per heavy atom. The highest BCUT2D eigenvalue weighted by Crippen LogP contribution is 2.37. The summed E-state index contributed by atoms with van der Waals surface area (Å²) in [6.07, 6.45) is 5.10. The fourth-order valence-electron chi connectivity index (χ4n) is 5.76. The Morgan fingerprint density at radius 3 is 2.35 bits per heavy atom. The van der Waals surface area contributed by atoms with Gasteiger partial charge in [-0.2, -0.15) is 4.98 Å². The minimum Gasteiger partial charge on any atom is -0.494 e. The van der Waals surface area contributed by atoms with E-state index in [-0.39, 0.29) is 0 Å². The van der Waals surface area contributed by atoms with Gasteiger partial charge in [-0.25, -0.2) is 13.4 Å².